The fourth-order valence-corrected chi connectivity index (χ4v) is 2.72. The summed E-state index contributed by atoms with van der Waals surface area (Å²) in [5.41, 5.74) is 4.19. The van der Waals surface area contributed by atoms with Crippen LogP contribution < -0.4 is 10.6 Å². The molecule has 0 aromatic heterocycles. The molecule has 3 aromatic rings. The van der Waals surface area contributed by atoms with Gasteiger partial charge in [0, 0.05) is 16.8 Å². The molecule has 3 rings (SSSR count). The molecule has 0 aliphatic rings. The Hall–Kier alpha value is -2.81. The molecule has 0 bridgehead atoms. The number of aryl methyl sites for hydroxylation is 2. The molecule has 0 radical (unpaired) electrons. The molecule has 0 spiro atoms. The van der Waals surface area contributed by atoms with Gasteiger partial charge in [0.2, 0.25) is 5.91 Å². The third-order valence-electron chi connectivity index (χ3n) is 3.89. The first-order valence-electron chi connectivity index (χ1n) is 7.72. The minimum Gasteiger partial charge on any atom is -0.376 e. The van der Waals surface area contributed by atoms with Crippen molar-refractivity contribution < 1.29 is 4.79 Å². The summed E-state index contributed by atoms with van der Waals surface area (Å²) in [7, 11) is 0. The molecule has 3 aromatic carbocycles. The van der Waals surface area contributed by atoms with Crippen LogP contribution in [-0.4, -0.2) is 12.5 Å². The lowest BCUT2D eigenvalue weighted by molar-refractivity contribution is -0.114. The summed E-state index contributed by atoms with van der Waals surface area (Å²) < 4.78 is 0. The van der Waals surface area contributed by atoms with Crippen molar-refractivity contribution >= 4 is 28.1 Å². The van der Waals surface area contributed by atoms with Gasteiger partial charge in [-0.25, -0.2) is 0 Å². The number of benzene rings is 3. The van der Waals surface area contributed by atoms with Crippen molar-refractivity contribution in [3.63, 3.8) is 0 Å². The average Bonchev–Trinajstić information content (AvgIpc) is 2.54. The monoisotopic (exact) mass is 304 g/mol. The number of anilines is 2. The van der Waals surface area contributed by atoms with Crippen LogP contribution in [0.2, 0.25) is 0 Å². The van der Waals surface area contributed by atoms with Crippen molar-refractivity contribution in [2.24, 2.45) is 0 Å². The maximum absolute atomic E-state index is 12.2. The molecule has 0 saturated carbocycles. The summed E-state index contributed by atoms with van der Waals surface area (Å²) in [4.78, 5) is 12.2. The van der Waals surface area contributed by atoms with Crippen LogP contribution in [0.25, 0.3) is 10.8 Å². The third kappa shape index (κ3) is 3.51. The van der Waals surface area contributed by atoms with Crippen LogP contribution in [-0.2, 0) is 4.79 Å². The lowest BCUT2D eigenvalue weighted by Crippen LogP contribution is -2.22. The zero-order chi connectivity index (χ0) is 16.2. The summed E-state index contributed by atoms with van der Waals surface area (Å²) in [5, 5.41) is 8.35. The molecule has 0 fully saturated rings. The fraction of sp³-hybridized carbons (Fsp3) is 0.150. The van der Waals surface area contributed by atoms with E-state index < -0.39 is 0 Å². The maximum atomic E-state index is 12.2. The normalized spacial score (nSPS) is 10.5. The number of amides is 1. The molecule has 23 heavy (non-hydrogen) atoms. The van der Waals surface area contributed by atoms with Gasteiger partial charge in [-0.1, -0.05) is 54.1 Å². The molecule has 1 amide bonds. The van der Waals surface area contributed by atoms with E-state index in [1.165, 1.54) is 5.56 Å². The Labute approximate surface area is 136 Å². The van der Waals surface area contributed by atoms with E-state index in [4.69, 9.17) is 0 Å². The number of hydrogen-bond donors (Lipinski definition) is 2. The third-order valence-corrected chi connectivity index (χ3v) is 3.89. The van der Waals surface area contributed by atoms with Crippen LogP contribution in [0.3, 0.4) is 0 Å². The largest absolute Gasteiger partial charge is 0.376 e. The molecule has 116 valence electrons. The molecule has 0 atom stereocenters. The number of hydrogen-bond acceptors (Lipinski definition) is 2. The molecule has 0 aliphatic carbocycles. The topological polar surface area (TPSA) is 41.1 Å². The molecular formula is C20H20N2O. The Morgan fingerprint density at radius 3 is 2.52 bits per heavy atom. The van der Waals surface area contributed by atoms with Gasteiger partial charge in [-0.2, -0.15) is 0 Å². The highest BCUT2D eigenvalue weighted by Gasteiger charge is 2.06. The van der Waals surface area contributed by atoms with Gasteiger partial charge >= 0.3 is 0 Å². The van der Waals surface area contributed by atoms with Crippen molar-refractivity contribution in [3.05, 3.63) is 71.8 Å². The molecule has 3 heteroatoms. The summed E-state index contributed by atoms with van der Waals surface area (Å²) in [5.74, 6) is -0.0543. The minimum absolute atomic E-state index is 0.0543. The summed E-state index contributed by atoms with van der Waals surface area (Å²) in [6.07, 6.45) is 0. The second-order valence-corrected chi connectivity index (χ2v) is 5.75. The van der Waals surface area contributed by atoms with Crippen LogP contribution in [0.1, 0.15) is 11.1 Å². The van der Waals surface area contributed by atoms with Gasteiger partial charge in [-0.05, 0) is 36.9 Å². The average molecular weight is 304 g/mol. The molecule has 3 nitrogen and oxygen atoms in total. The molecule has 0 aliphatic heterocycles. The highest BCUT2D eigenvalue weighted by Crippen LogP contribution is 2.23. The van der Waals surface area contributed by atoms with Gasteiger partial charge in [-0.15, -0.1) is 0 Å². The number of carbonyl (C=O) groups is 1. The first kappa shape index (κ1) is 15.1. The van der Waals surface area contributed by atoms with E-state index in [2.05, 4.69) is 23.6 Å². The SMILES string of the molecule is Cc1ccc(NCC(=O)Nc2cccc3ccccc23)c(C)c1. The summed E-state index contributed by atoms with van der Waals surface area (Å²) in [6.45, 7) is 4.34. The molecular weight excluding hydrogens is 284 g/mol. The first-order chi connectivity index (χ1) is 11.1. The van der Waals surface area contributed by atoms with Crippen LogP contribution >= 0.6 is 0 Å². The minimum atomic E-state index is -0.0543. The Morgan fingerprint density at radius 2 is 1.70 bits per heavy atom. The zero-order valence-electron chi connectivity index (χ0n) is 13.4. The standard InChI is InChI=1S/C20H20N2O/c1-14-10-11-18(15(2)12-14)21-13-20(23)22-19-9-5-7-16-6-3-4-8-17(16)19/h3-12,21H,13H2,1-2H3,(H,22,23). The number of rotatable bonds is 4. The molecule has 0 unspecified atom stereocenters. The van der Waals surface area contributed by atoms with E-state index in [0.29, 0.717) is 0 Å². The van der Waals surface area contributed by atoms with Gasteiger partial charge < -0.3 is 10.6 Å². The van der Waals surface area contributed by atoms with Crippen molar-refractivity contribution in [2.45, 2.75) is 13.8 Å². The Kier molecular flexibility index (Phi) is 4.29. The predicted octanol–water partition coefficient (Wildman–Crippen LogP) is 4.51. The van der Waals surface area contributed by atoms with E-state index in [-0.39, 0.29) is 12.5 Å². The van der Waals surface area contributed by atoms with E-state index in [1.54, 1.807) is 0 Å². The highest BCUT2D eigenvalue weighted by molar-refractivity contribution is 6.03. The zero-order valence-corrected chi connectivity index (χ0v) is 13.4. The second-order valence-electron chi connectivity index (χ2n) is 5.75. The lowest BCUT2D eigenvalue weighted by Gasteiger charge is -2.12. The summed E-state index contributed by atoms with van der Waals surface area (Å²) >= 11 is 0. The van der Waals surface area contributed by atoms with Gasteiger partial charge in [0.25, 0.3) is 0 Å². The Morgan fingerprint density at radius 1 is 0.913 bits per heavy atom. The van der Waals surface area contributed by atoms with Gasteiger partial charge in [0.05, 0.1) is 6.54 Å². The Balaban J connectivity index is 1.69. The number of carbonyl (C=O) groups excluding carboxylic acids is 1. The quantitative estimate of drug-likeness (QED) is 0.744. The molecule has 0 saturated heterocycles. The Bertz CT molecular complexity index is 850. The van der Waals surface area contributed by atoms with Crippen LogP contribution in [0, 0.1) is 13.8 Å². The van der Waals surface area contributed by atoms with E-state index in [1.807, 2.05) is 61.5 Å². The molecule has 2 N–H and O–H groups in total. The van der Waals surface area contributed by atoms with E-state index in [9.17, 15) is 4.79 Å². The second kappa shape index (κ2) is 6.53. The first-order valence-corrected chi connectivity index (χ1v) is 7.72. The van der Waals surface area contributed by atoms with Crippen LogP contribution in [0.15, 0.2) is 60.7 Å². The predicted molar refractivity (Wildman–Crippen MR) is 97.0 cm³/mol. The fourth-order valence-electron chi connectivity index (χ4n) is 2.72. The van der Waals surface area contributed by atoms with Crippen molar-refractivity contribution in [3.8, 4) is 0 Å². The number of nitrogens with one attached hydrogen (secondary N) is 2. The summed E-state index contributed by atoms with van der Waals surface area (Å²) in [6, 6.07) is 20.1. The highest BCUT2D eigenvalue weighted by atomic mass is 16.1. The lowest BCUT2D eigenvalue weighted by atomic mass is 10.1. The van der Waals surface area contributed by atoms with Gasteiger partial charge in [-0.3, -0.25) is 4.79 Å². The van der Waals surface area contributed by atoms with Crippen LogP contribution in [0.4, 0.5) is 11.4 Å². The number of fused-ring (bicyclic) bond motifs is 1. The van der Waals surface area contributed by atoms with Crippen molar-refractivity contribution in [1.29, 1.82) is 0 Å². The van der Waals surface area contributed by atoms with E-state index in [0.717, 1.165) is 27.7 Å². The van der Waals surface area contributed by atoms with Crippen LogP contribution in [0.5, 0.6) is 0 Å². The van der Waals surface area contributed by atoms with E-state index >= 15 is 0 Å². The smallest absolute Gasteiger partial charge is 0.243 e. The van der Waals surface area contributed by atoms with Gasteiger partial charge in [0.1, 0.15) is 0 Å². The maximum Gasteiger partial charge on any atom is 0.243 e. The van der Waals surface area contributed by atoms with Crippen molar-refractivity contribution in [1.82, 2.24) is 0 Å². The van der Waals surface area contributed by atoms with Gasteiger partial charge in [0.15, 0.2) is 0 Å². The van der Waals surface area contributed by atoms with Crippen molar-refractivity contribution in [2.75, 3.05) is 17.2 Å². The molecule has 0 heterocycles.